The number of amides is 2. The number of anilines is 1. The first-order valence-corrected chi connectivity index (χ1v) is 13.2. The molecule has 2 fully saturated rings. The monoisotopic (exact) mass is 524 g/mol. The minimum atomic E-state index is -1.13. The van der Waals surface area contributed by atoms with Crippen LogP contribution < -0.4 is 15.8 Å². The topological polar surface area (TPSA) is 84.3 Å². The van der Waals surface area contributed by atoms with Crippen LogP contribution in [0.15, 0.2) is 77.6 Å². The molecule has 4 atom stereocenters. The quantitative estimate of drug-likeness (QED) is 0.401. The van der Waals surface area contributed by atoms with E-state index in [1.54, 1.807) is 34.9 Å². The summed E-state index contributed by atoms with van der Waals surface area (Å²) in [5, 5.41) is 4.68. The number of benzene rings is 3. The zero-order chi connectivity index (χ0) is 26.3. The summed E-state index contributed by atoms with van der Waals surface area (Å²) in [6.45, 7) is 4.20. The van der Waals surface area contributed by atoms with E-state index in [1.165, 1.54) is 4.90 Å². The predicted octanol–water partition coefficient (Wildman–Crippen LogP) is 4.42. The zero-order valence-electron chi connectivity index (χ0n) is 20.9. The molecule has 4 aromatic rings. The SMILES string of the molecule is CC(C)CC1NC2(c3ccccc3-n3c2nc2ccccc2c3=O)C2C(=O)N(c3cccc(Cl)c3)C(=O)C12. The molecule has 7 nitrogen and oxygen atoms in total. The van der Waals surface area contributed by atoms with Crippen LogP contribution in [0.3, 0.4) is 0 Å². The van der Waals surface area contributed by atoms with Crippen LogP contribution in [0.4, 0.5) is 5.69 Å². The number of hydrogen-bond acceptors (Lipinski definition) is 5. The van der Waals surface area contributed by atoms with Crippen LogP contribution in [0.25, 0.3) is 16.6 Å². The maximum Gasteiger partial charge on any atom is 0.266 e. The van der Waals surface area contributed by atoms with Crippen molar-refractivity contribution in [3.8, 4) is 5.69 Å². The molecule has 1 N–H and O–H groups in total. The minimum absolute atomic E-state index is 0.191. The van der Waals surface area contributed by atoms with E-state index in [2.05, 4.69) is 19.2 Å². The number of rotatable bonds is 3. The molecule has 8 heteroatoms. The van der Waals surface area contributed by atoms with Crippen molar-refractivity contribution in [2.75, 3.05) is 4.90 Å². The summed E-state index contributed by atoms with van der Waals surface area (Å²) in [7, 11) is 0. The van der Waals surface area contributed by atoms with E-state index in [0.717, 1.165) is 5.56 Å². The van der Waals surface area contributed by atoms with Crippen LogP contribution in [0.1, 0.15) is 31.7 Å². The molecule has 4 unspecified atom stereocenters. The Morgan fingerprint density at radius 2 is 1.74 bits per heavy atom. The molecule has 0 saturated carbocycles. The molecule has 2 amide bonds. The summed E-state index contributed by atoms with van der Waals surface area (Å²) in [5.41, 5.74) is 1.16. The van der Waals surface area contributed by atoms with Gasteiger partial charge in [0.15, 0.2) is 0 Å². The van der Waals surface area contributed by atoms with Crippen molar-refractivity contribution in [3.05, 3.63) is 99.6 Å². The molecule has 0 aliphatic carbocycles. The second-order valence-electron chi connectivity index (χ2n) is 10.8. The van der Waals surface area contributed by atoms with Gasteiger partial charge in [0.2, 0.25) is 11.8 Å². The van der Waals surface area contributed by atoms with Gasteiger partial charge in [0.25, 0.3) is 5.56 Å². The van der Waals surface area contributed by atoms with E-state index >= 15 is 0 Å². The van der Waals surface area contributed by atoms with Crippen molar-refractivity contribution in [1.82, 2.24) is 14.9 Å². The minimum Gasteiger partial charge on any atom is -0.297 e. The molecule has 7 rings (SSSR count). The third-order valence-electron chi connectivity index (χ3n) is 8.15. The fraction of sp³-hybridized carbons (Fsp3) is 0.267. The highest BCUT2D eigenvalue weighted by molar-refractivity contribution is 6.31. The molecule has 0 radical (unpaired) electrons. The number of fused-ring (bicyclic) bond motifs is 8. The number of aromatic nitrogens is 2. The number of nitrogens with one attached hydrogen (secondary N) is 1. The van der Waals surface area contributed by atoms with Gasteiger partial charge in [-0.2, -0.15) is 0 Å². The molecule has 3 aromatic carbocycles. The standard InChI is InChI=1S/C30H25ClN4O3/c1-16(2)14-22-24-25(28(38)34(27(24)37)18-9-7-8-17(31)15-18)30(33-22)20-11-4-6-13-23(20)35-26(36)19-10-3-5-12-21(19)32-29(30)35/h3-13,15-16,22,24-25,33H,14H2,1-2H3. The highest BCUT2D eigenvalue weighted by atomic mass is 35.5. The first-order chi connectivity index (χ1) is 18.3. The van der Waals surface area contributed by atoms with Gasteiger partial charge < -0.3 is 0 Å². The molecule has 38 heavy (non-hydrogen) atoms. The van der Waals surface area contributed by atoms with E-state index in [9.17, 15) is 14.4 Å². The largest absolute Gasteiger partial charge is 0.297 e. The maximum absolute atomic E-state index is 14.4. The predicted molar refractivity (Wildman–Crippen MR) is 145 cm³/mol. The summed E-state index contributed by atoms with van der Waals surface area (Å²) >= 11 is 6.25. The van der Waals surface area contributed by atoms with Crippen molar-refractivity contribution < 1.29 is 9.59 Å². The molecule has 4 heterocycles. The second-order valence-corrected chi connectivity index (χ2v) is 11.2. The van der Waals surface area contributed by atoms with Crippen LogP contribution in [-0.2, 0) is 15.1 Å². The number of halogens is 1. The molecule has 3 aliphatic heterocycles. The summed E-state index contributed by atoms with van der Waals surface area (Å²) < 4.78 is 1.62. The lowest BCUT2D eigenvalue weighted by Gasteiger charge is -2.32. The highest BCUT2D eigenvalue weighted by Crippen LogP contribution is 2.56. The van der Waals surface area contributed by atoms with Crippen LogP contribution in [0.2, 0.25) is 5.02 Å². The second kappa shape index (κ2) is 8.09. The van der Waals surface area contributed by atoms with Crippen LogP contribution in [0, 0.1) is 17.8 Å². The van der Waals surface area contributed by atoms with Crippen molar-refractivity contribution >= 4 is 40.0 Å². The third-order valence-corrected chi connectivity index (χ3v) is 8.39. The van der Waals surface area contributed by atoms with Gasteiger partial charge in [0.1, 0.15) is 11.4 Å². The van der Waals surface area contributed by atoms with Gasteiger partial charge in [-0.25, -0.2) is 9.88 Å². The third kappa shape index (κ3) is 2.94. The lowest BCUT2D eigenvalue weighted by molar-refractivity contribution is -0.123. The van der Waals surface area contributed by atoms with Crippen molar-refractivity contribution in [2.24, 2.45) is 17.8 Å². The first-order valence-electron chi connectivity index (χ1n) is 12.9. The zero-order valence-corrected chi connectivity index (χ0v) is 21.6. The molecule has 2 saturated heterocycles. The van der Waals surface area contributed by atoms with Gasteiger partial charge in [-0.1, -0.05) is 61.8 Å². The van der Waals surface area contributed by atoms with Crippen molar-refractivity contribution in [3.63, 3.8) is 0 Å². The fourth-order valence-corrected chi connectivity index (χ4v) is 6.98. The number of para-hydroxylation sites is 2. The van der Waals surface area contributed by atoms with Gasteiger partial charge in [0, 0.05) is 16.6 Å². The van der Waals surface area contributed by atoms with E-state index in [-0.39, 0.29) is 29.3 Å². The van der Waals surface area contributed by atoms with E-state index in [0.29, 0.717) is 39.5 Å². The molecular weight excluding hydrogens is 500 g/mol. The van der Waals surface area contributed by atoms with Crippen molar-refractivity contribution in [1.29, 1.82) is 0 Å². The summed E-state index contributed by atoms with van der Waals surface area (Å²) in [6.07, 6.45) is 0.686. The van der Waals surface area contributed by atoms with E-state index in [4.69, 9.17) is 16.6 Å². The van der Waals surface area contributed by atoms with E-state index < -0.39 is 17.4 Å². The summed E-state index contributed by atoms with van der Waals surface area (Å²) in [6, 6.07) is 21.4. The smallest absolute Gasteiger partial charge is 0.266 e. The Morgan fingerprint density at radius 1 is 0.974 bits per heavy atom. The molecule has 3 aliphatic rings. The van der Waals surface area contributed by atoms with Crippen LogP contribution in [-0.4, -0.2) is 27.4 Å². The van der Waals surface area contributed by atoms with Gasteiger partial charge in [0.05, 0.1) is 34.1 Å². The van der Waals surface area contributed by atoms with Crippen LogP contribution >= 0.6 is 11.6 Å². The number of carbonyl (C=O) groups is 2. The lowest BCUT2D eigenvalue weighted by Crippen LogP contribution is -2.50. The number of hydrogen-bond donors (Lipinski definition) is 1. The highest BCUT2D eigenvalue weighted by Gasteiger charge is 2.69. The number of imide groups is 1. The first kappa shape index (κ1) is 23.3. The van der Waals surface area contributed by atoms with Gasteiger partial charge in [-0.05, 0) is 48.7 Å². The Bertz CT molecular complexity index is 1730. The number of carbonyl (C=O) groups excluding carboxylic acids is 2. The molecule has 190 valence electrons. The van der Waals surface area contributed by atoms with Crippen molar-refractivity contribution in [2.45, 2.75) is 31.8 Å². The lowest BCUT2D eigenvalue weighted by atomic mass is 9.75. The average molecular weight is 525 g/mol. The Hall–Kier alpha value is -3.81. The Kier molecular flexibility index (Phi) is 4.97. The Morgan fingerprint density at radius 3 is 2.53 bits per heavy atom. The molecular formula is C30H25ClN4O3. The Balaban J connectivity index is 1.52. The average Bonchev–Trinajstić information content (AvgIpc) is 3.47. The fourth-order valence-electron chi connectivity index (χ4n) is 6.80. The Labute approximate surface area is 224 Å². The molecule has 1 aromatic heterocycles. The molecule has 0 bridgehead atoms. The van der Waals surface area contributed by atoms with Gasteiger partial charge in [-0.15, -0.1) is 0 Å². The summed E-state index contributed by atoms with van der Waals surface area (Å²) in [4.78, 5) is 48.6. The van der Waals surface area contributed by atoms with Gasteiger partial charge >= 0.3 is 0 Å². The van der Waals surface area contributed by atoms with Gasteiger partial charge in [-0.3, -0.25) is 24.3 Å². The summed E-state index contributed by atoms with van der Waals surface area (Å²) in [5.74, 6) is -1.23. The number of nitrogens with zero attached hydrogens (tertiary/aromatic N) is 3. The maximum atomic E-state index is 14.4. The van der Waals surface area contributed by atoms with Crippen LogP contribution in [0.5, 0.6) is 0 Å². The van der Waals surface area contributed by atoms with E-state index in [1.807, 2.05) is 42.5 Å². The normalized spacial score (nSPS) is 25.5. The molecule has 1 spiro atoms.